The first-order valence-corrected chi connectivity index (χ1v) is 6.32. The zero-order valence-corrected chi connectivity index (χ0v) is 11.5. The third kappa shape index (κ3) is 2.41. The first-order valence-electron chi connectivity index (χ1n) is 5.53. The zero-order chi connectivity index (χ0) is 12.4. The average molecular weight is 302 g/mol. The van der Waals surface area contributed by atoms with Crippen molar-refractivity contribution in [2.75, 3.05) is 26.8 Å². The Morgan fingerprint density at radius 3 is 2.94 bits per heavy atom. The maximum Gasteiger partial charge on any atom is 0.175 e. The number of phenolic OH excluding ortho intramolecular Hbond substituents is 1. The zero-order valence-electron chi connectivity index (χ0n) is 9.92. The molecule has 1 aliphatic heterocycles. The number of aromatic hydroxyl groups is 1. The standard InChI is InChI=1S/C12H16BrNO3/c1-7-5-8(13)12(16-2)11(15)10(7)9-6-14-3-4-17-9/h5,9,14-15H,3-4,6H2,1-2H3. The minimum atomic E-state index is -0.120. The number of aryl methyl sites for hydroxylation is 1. The van der Waals surface area contributed by atoms with Crippen LogP contribution >= 0.6 is 15.9 Å². The van der Waals surface area contributed by atoms with Crippen LogP contribution in [0.4, 0.5) is 0 Å². The molecular formula is C12H16BrNO3. The summed E-state index contributed by atoms with van der Waals surface area (Å²) < 4.78 is 11.6. The molecule has 1 fully saturated rings. The Bertz CT molecular complexity index is 417. The van der Waals surface area contributed by atoms with Gasteiger partial charge in [-0.2, -0.15) is 0 Å². The molecule has 1 heterocycles. The highest BCUT2D eigenvalue weighted by molar-refractivity contribution is 9.10. The van der Waals surface area contributed by atoms with Crippen molar-refractivity contribution in [3.05, 3.63) is 21.7 Å². The van der Waals surface area contributed by atoms with E-state index in [0.717, 1.165) is 22.1 Å². The topological polar surface area (TPSA) is 50.7 Å². The first kappa shape index (κ1) is 12.7. The van der Waals surface area contributed by atoms with Gasteiger partial charge in [0, 0.05) is 18.7 Å². The summed E-state index contributed by atoms with van der Waals surface area (Å²) in [5.41, 5.74) is 1.79. The van der Waals surface area contributed by atoms with Gasteiger partial charge < -0.3 is 19.9 Å². The molecule has 0 saturated carbocycles. The average Bonchev–Trinajstić information content (AvgIpc) is 2.30. The summed E-state index contributed by atoms with van der Waals surface area (Å²) in [6.07, 6.45) is -0.120. The predicted octanol–water partition coefficient (Wildman–Crippen LogP) is 2.13. The molecule has 0 aliphatic carbocycles. The van der Waals surface area contributed by atoms with Crippen LogP contribution in [0.15, 0.2) is 10.5 Å². The largest absolute Gasteiger partial charge is 0.504 e. The molecule has 1 saturated heterocycles. The van der Waals surface area contributed by atoms with E-state index in [1.807, 2.05) is 13.0 Å². The lowest BCUT2D eigenvalue weighted by Gasteiger charge is -2.26. The molecule has 0 radical (unpaired) electrons. The summed E-state index contributed by atoms with van der Waals surface area (Å²) in [6.45, 7) is 4.17. The molecule has 1 atom stereocenters. The van der Waals surface area contributed by atoms with Crippen LogP contribution in [0.25, 0.3) is 0 Å². The number of nitrogens with one attached hydrogen (secondary N) is 1. The molecule has 1 aliphatic rings. The van der Waals surface area contributed by atoms with E-state index in [2.05, 4.69) is 21.2 Å². The number of phenols is 1. The number of rotatable bonds is 2. The molecule has 0 aromatic heterocycles. The van der Waals surface area contributed by atoms with Crippen LogP contribution in [0.1, 0.15) is 17.2 Å². The summed E-state index contributed by atoms with van der Waals surface area (Å²) in [5, 5.41) is 13.5. The summed E-state index contributed by atoms with van der Waals surface area (Å²) in [6, 6.07) is 1.94. The highest BCUT2D eigenvalue weighted by Crippen LogP contribution is 2.42. The van der Waals surface area contributed by atoms with E-state index in [1.165, 1.54) is 0 Å². The summed E-state index contributed by atoms with van der Waals surface area (Å²) >= 11 is 3.37. The molecule has 2 N–H and O–H groups in total. The quantitative estimate of drug-likeness (QED) is 0.879. The second kappa shape index (κ2) is 5.25. The van der Waals surface area contributed by atoms with Crippen molar-refractivity contribution in [3.8, 4) is 11.5 Å². The van der Waals surface area contributed by atoms with E-state index in [0.29, 0.717) is 18.9 Å². The lowest BCUT2D eigenvalue weighted by Crippen LogP contribution is -2.33. The van der Waals surface area contributed by atoms with Crippen molar-refractivity contribution >= 4 is 15.9 Å². The Morgan fingerprint density at radius 2 is 2.35 bits per heavy atom. The first-order chi connectivity index (χ1) is 8.15. The van der Waals surface area contributed by atoms with Gasteiger partial charge >= 0.3 is 0 Å². The molecule has 1 aromatic rings. The Hall–Kier alpha value is -0.780. The minimum absolute atomic E-state index is 0.120. The van der Waals surface area contributed by atoms with Crippen molar-refractivity contribution < 1.29 is 14.6 Å². The van der Waals surface area contributed by atoms with Gasteiger partial charge in [-0.3, -0.25) is 0 Å². The highest BCUT2D eigenvalue weighted by atomic mass is 79.9. The van der Waals surface area contributed by atoms with Gasteiger partial charge in [-0.1, -0.05) is 0 Å². The Morgan fingerprint density at radius 1 is 1.59 bits per heavy atom. The van der Waals surface area contributed by atoms with Crippen molar-refractivity contribution in [2.45, 2.75) is 13.0 Å². The van der Waals surface area contributed by atoms with Crippen molar-refractivity contribution in [2.24, 2.45) is 0 Å². The fourth-order valence-electron chi connectivity index (χ4n) is 2.11. The normalized spacial score (nSPS) is 20.3. The Balaban J connectivity index is 2.44. The predicted molar refractivity (Wildman–Crippen MR) is 68.7 cm³/mol. The molecule has 94 valence electrons. The van der Waals surface area contributed by atoms with Crippen LogP contribution in [0.3, 0.4) is 0 Å². The number of hydrogen-bond donors (Lipinski definition) is 2. The van der Waals surface area contributed by atoms with Crippen LogP contribution < -0.4 is 10.1 Å². The van der Waals surface area contributed by atoms with Crippen LogP contribution in [-0.4, -0.2) is 31.9 Å². The maximum atomic E-state index is 10.2. The van der Waals surface area contributed by atoms with Gasteiger partial charge in [-0.05, 0) is 34.5 Å². The van der Waals surface area contributed by atoms with E-state index >= 15 is 0 Å². The van der Waals surface area contributed by atoms with E-state index in [9.17, 15) is 5.11 Å². The summed E-state index contributed by atoms with van der Waals surface area (Å²) in [5.74, 6) is 0.618. The molecule has 0 bridgehead atoms. The lowest BCUT2D eigenvalue weighted by molar-refractivity contribution is 0.0257. The van der Waals surface area contributed by atoms with Crippen LogP contribution in [0.5, 0.6) is 11.5 Å². The third-order valence-electron chi connectivity index (χ3n) is 2.91. The second-order valence-electron chi connectivity index (χ2n) is 4.03. The molecular weight excluding hydrogens is 286 g/mol. The van der Waals surface area contributed by atoms with E-state index in [4.69, 9.17) is 9.47 Å². The van der Waals surface area contributed by atoms with Crippen LogP contribution in [-0.2, 0) is 4.74 Å². The van der Waals surface area contributed by atoms with Gasteiger partial charge in [0.1, 0.15) is 0 Å². The molecule has 1 unspecified atom stereocenters. The smallest absolute Gasteiger partial charge is 0.175 e. The van der Waals surface area contributed by atoms with E-state index < -0.39 is 0 Å². The number of hydrogen-bond acceptors (Lipinski definition) is 4. The Kier molecular flexibility index (Phi) is 3.91. The molecule has 2 rings (SSSR count). The molecule has 5 heteroatoms. The SMILES string of the molecule is COc1c(Br)cc(C)c(C2CNCCO2)c1O. The third-order valence-corrected chi connectivity index (χ3v) is 3.50. The second-order valence-corrected chi connectivity index (χ2v) is 4.89. The summed E-state index contributed by atoms with van der Waals surface area (Å²) in [4.78, 5) is 0. The molecule has 0 amide bonds. The van der Waals surface area contributed by atoms with Crippen molar-refractivity contribution in [3.63, 3.8) is 0 Å². The van der Waals surface area contributed by atoms with Gasteiger partial charge in [-0.25, -0.2) is 0 Å². The van der Waals surface area contributed by atoms with Crippen LogP contribution in [0, 0.1) is 6.92 Å². The van der Waals surface area contributed by atoms with Gasteiger partial charge in [0.15, 0.2) is 11.5 Å². The van der Waals surface area contributed by atoms with Gasteiger partial charge in [0.05, 0.1) is 24.3 Å². The molecule has 4 nitrogen and oxygen atoms in total. The van der Waals surface area contributed by atoms with Crippen molar-refractivity contribution in [1.82, 2.24) is 5.32 Å². The van der Waals surface area contributed by atoms with E-state index in [1.54, 1.807) is 7.11 Å². The molecule has 17 heavy (non-hydrogen) atoms. The number of ether oxygens (including phenoxy) is 2. The van der Waals surface area contributed by atoms with Gasteiger partial charge in [-0.15, -0.1) is 0 Å². The monoisotopic (exact) mass is 301 g/mol. The highest BCUT2D eigenvalue weighted by Gasteiger charge is 2.24. The minimum Gasteiger partial charge on any atom is -0.504 e. The van der Waals surface area contributed by atoms with Crippen molar-refractivity contribution in [1.29, 1.82) is 0 Å². The summed E-state index contributed by atoms with van der Waals surface area (Å²) in [7, 11) is 1.54. The number of morpholine rings is 1. The maximum absolute atomic E-state index is 10.2. The molecule has 1 aromatic carbocycles. The fourth-order valence-corrected chi connectivity index (χ4v) is 2.80. The fraction of sp³-hybridized carbons (Fsp3) is 0.500. The van der Waals surface area contributed by atoms with Crippen LogP contribution in [0.2, 0.25) is 0 Å². The number of methoxy groups -OCH3 is 1. The van der Waals surface area contributed by atoms with Gasteiger partial charge in [0.2, 0.25) is 0 Å². The number of benzene rings is 1. The Labute approximate surface area is 109 Å². The lowest BCUT2D eigenvalue weighted by atomic mass is 10.0. The van der Waals surface area contributed by atoms with E-state index in [-0.39, 0.29) is 11.9 Å². The molecule has 0 spiro atoms. The van der Waals surface area contributed by atoms with Gasteiger partial charge in [0.25, 0.3) is 0 Å². The number of halogens is 1.